The van der Waals surface area contributed by atoms with Crippen molar-refractivity contribution in [1.29, 1.82) is 0 Å². The maximum atomic E-state index is 6.15. The van der Waals surface area contributed by atoms with Crippen LogP contribution in [-0.2, 0) is 38.4 Å². The van der Waals surface area contributed by atoms with Crippen LogP contribution < -0.4 is 5.19 Å². The second-order valence-corrected chi connectivity index (χ2v) is 22.6. The van der Waals surface area contributed by atoms with Crippen LogP contribution in [0.3, 0.4) is 0 Å². The predicted octanol–water partition coefficient (Wildman–Crippen LogP) is 12.7. The first kappa shape index (κ1) is 41.0. The molecular weight excluding hydrogens is 853 g/mol. The molecular formula is C49H54IrN2OSi-2. The van der Waals surface area contributed by atoms with E-state index in [0.29, 0.717) is 5.92 Å². The molecule has 0 saturated heterocycles. The van der Waals surface area contributed by atoms with Crippen LogP contribution in [0, 0.1) is 23.5 Å². The summed E-state index contributed by atoms with van der Waals surface area (Å²) in [7, 11) is -1.34. The Labute approximate surface area is 338 Å². The first-order valence-electron chi connectivity index (χ1n) is 18.9. The summed E-state index contributed by atoms with van der Waals surface area (Å²) in [6, 6.07) is 42.6. The van der Waals surface area contributed by atoms with E-state index >= 15 is 0 Å². The maximum absolute atomic E-state index is 6.15. The molecule has 0 aliphatic carbocycles. The van der Waals surface area contributed by atoms with Gasteiger partial charge < -0.3 is 14.4 Å². The minimum atomic E-state index is -1.34. The average Bonchev–Trinajstić information content (AvgIpc) is 3.49. The summed E-state index contributed by atoms with van der Waals surface area (Å²) < 4.78 is 6.15. The molecule has 3 nitrogen and oxygen atoms in total. The Morgan fingerprint density at radius 3 is 2.07 bits per heavy atom. The quantitative estimate of drug-likeness (QED) is 0.113. The Kier molecular flexibility index (Phi) is 12.7. The third kappa shape index (κ3) is 9.74. The van der Waals surface area contributed by atoms with Crippen molar-refractivity contribution >= 4 is 35.2 Å². The molecule has 7 aromatic rings. The first-order valence-corrected chi connectivity index (χ1v) is 22.4. The first-order chi connectivity index (χ1) is 25.1. The van der Waals surface area contributed by atoms with E-state index in [0.717, 1.165) is 57.3 Å². The van der Waals surface area contributed by atoms with Gasteiger partial charge in [-0.3, -0.25) is 0 Å². The van der Waals surface area contributed by atoms with Crippen molar-refractivity contribution in [3.8, 4) is 22.5 Å². The van der Waals surface area contributed by atoms with E-state index in [1.807, 2.05) is 30.5 Å². The van der Waals surface area contributed by atoms with E-state index in [4.69, 9.17) is 4.42 Å². The molecule has 0 fully saturated rings. The molecule has 1 radical (unpaired) electrons. The van der Waals surface area contributed by atoms with E-state index in [1.54, 1.807) is 0 Å². The second-order valence-electron chi connectivity index (χ2n) is 17.6. The van der Waals surface area contributed by atoms with E-state index in [2.05, 4.69) is 175 Å². The number of benzene rings is 4. The van der Waals surface area contributed by atoms with Crippen molar-refractivity contribution in [1.82, 2.24) is 9.97 Å². The number of fused-ring (bicyclic) bond motifs is 3. The standard InChI is InChI=1S/C31H30NO.C18H24NSi.Ir/c1-30(2,3)20-21-15-16-32-27(17-21)22-11-13-28-25(18-22)26-19-24(12-14-29(26)33-28)31(4,5)23-9-7-6-8-10-23;1-14(2)11-16-12-17(15-9-7-6-8-10-15)19-13-18(16)20(3,4)5;/h6-10,12-19H,20H2,1-5H3;6-9,12-14H,11H2,1-5H3;/q2*-1;. The van der Waals surface area contributed by atoms with Crippen molar-refractivity contribution in [2.24, 2.45) is 11.3 Å². The second kappa shape index (κ2) is 16.7. The molecule has 0 amide bonds. The van der Waals surface area contributed by atoms with Crippen molar-refractivity contribution in [2.45, 2.75) is 86.4 Å². The van der Waals surface area contributed by atoms with Crippen LogP contribution in [0.2, 0.25) is 19.6 Å². The molecule has 0 bridgehead atoms. The molecule has 0 aliphatic rings. The Bertz CT molecular complexity index is 2310. The number of pyridine rings is 2. The maximum Gasteiger partial charge on any atom is 0.120 e. The fourth-order valence-electron chi connectivity index (χ4n) is 7.10. The molecule has 5 heteroatoms. The number of hydrogen-bond acceptors (Lipinski definition) is 3. The molecule has 0 atom stereocenters. The molecule has 0 spiro atoms. The third-order valence-corrected chi connectivity index (χ3v) is 11.9. The van der Waals surface area contributed by atoms with Gasteiger partial charge in [0.1, 0.15) is 5.58 Å². The topological polar surface area (TPSA) is 38.9 Å². The largest absolute Gasteiger partial charge is 0.500 e. The van der Waals surface area contributed by atoms with Crippen LogP contribution in [0.4, 0.5) is 0 Å². The van der Waals surface area contributed by atoms with E-state index in [-0.39, 0.29) is 30.9 Å². The van der Waals surface area contributed by atoms with Crippen LogP contribution in [0.25, 0.3) is 44.5 Å². The van der Waals surface area contributed by atoms with Gasteiger partial charge in [-0.2, -0.15) is 0 Å². The molecule has 0 aliphatic heterocycles. The fourth-order valence-corrected chi connectivity index (χ4v) is 8.69. The number of aromatic nitrogens is 2. The number of nitrogens with zero attached hydrogens (tertiary/aromatic N) is 2. The average molecular weight is 907 g/mol. The summed E-state index contributed by atoms with van der Waals surface area (Å²) in [5.41, 5.74) is 11.3. The molecule has 3 heterocycles. The van der Waals surface area contributed by atoms with Gasteiger partial charge in [-0.25, -0.2) is 0 Å². The monoisotopic (exact) mass is 907 g/mol. The Hall–Kier alpha value is -4.15. The molecule has 0 saturated carbocycles. The molecule has 54 heavy (non-hydrogen) atoms. The van der Waals surface area contributed by atoms with Crippen LogP contribution >= 0.6 is 0 Å². The van der Waals surface area contributed by atoms with E-state index < -0.39 is 8.07 Å². The SMILES string of the molecule is CC(C)(C)Cc1ccnc(-c2[c-]cc3oc4ccc(C(C)(C)c5ccccc5)cc4c3c2)c1.CC(C)Cc1cc(-c2[c-]cccc2)ncc1[Si](C)(C)C.[Ir]. The fraction of sp³-hybridized carbons (Fsp3) is 0.306. The Balaban J connectivity index is 0.000000230. The van der Waals surface area contributed by atoms with Crippen LogP contribution in [-0.4, -0.2) is 18.0 Å². The van der Waals surface area contributed by atoms with Gasteiger partial charge in [0.05, 0.1) is 13.7 Å². The minimum absolute atomic E-state index is 0. The number of hydrogen-bond donors (Lipinski definition) is 0. The van der Waals surface area contributed by atoms with Gasteiger partial charge in [-0.05, 0) is 70.1 Å². The molecule has 7 rings (SSSR count). The predicted molar refractivity (Wildman–Crippen MR) is 228 cm³/mol. The van der Waals surface area contributed by atoms with Gasteiger partial charge in [0, 0.05) is 43.3 Å². The van der Waals surface area contributed by atoms with Crippen molar-refractivity contribution in [2.75, 3.05) is 0 Å². The zero-order chi connectivity index (χ0) is 38.0. The summed E-state index contributed by atoms with van der Waals surface area (Å²) in [4.78, 5) is 9.33. The number of rotatable bonds is 8. The van der Waals surface area contributed by atoms with Crippen LogP contribution in [0.1, 0.15) is 70.7 Å². The van der Waals surface area contributed by atoms with Crippen LogP contribution in [0.15, 0.2) is 120 Å². The zero-order valence-corrected chi connectivity index (χ0v) is 37.0. The van der Waals surface area contributed by atoms with Gasteiger partial charge in [0.25, 0.3) is 0 Å². The van der Waals surface area contributed by atoms with Crippen molar-refractivity contribution < 1.29 is 24.5 Å². The summed E-state index contributed by atoms with van der Waals surface area (Å²) in [5.74, 6) is 0.667. The van der Waals surface area contributed by atoms with Gasteiger partial charge in [0.2, 0.25) is 0 Å². The summed E-state index contributed by atoms with van der Waals surface area (Å²) in [6.07, 6.45) is 6.15. The number of furan rings is 1. The van der Waals surface area contributed by atoms with Gasteiger partial charge >= 0.3 is 0 Å². The molecule has 281 valence electrons. The summed E-state index contributed by atoms with van der Waals surface area (Å²) >= 11 is 0. The van der Waals surface area contributed by atoms with Gasteiger partial charge in [-0.1, -0.05) is 133 Å². The van der Waals surface area contributed by atoms with Gasteiger partial charge in [0.15, 0.2) is 0 Å². The Morgan fingerprint density at radius 2 is 1.41 bits per heavy atom. The molecule has 3 aromatic heterocycles. The summed E-state index contributed by atoms with van der Waals surface area (Å²) in [6.45, 7) is 23.1. The normalized spacial score (nSPS) is 12.1. The van der Waals surface area contributed by atoms with Crippen LogP contribution in [0.5, 0.6) is 0 Å². The molecule has 0 N–H and O–H groups in total. The van der Waals surface area contributed by atoms with E-state index in [1.165, 1.54) is 27.4 Å². The Morgan fingerprint density at radius 1 is 0.704 bits per heavy atom. The molecule has 4 aromatic carbocycles. The summed E-state index contributed by atoms with van der Waals surface area (Å²) in [5, 5.41) is 3.73. The van der Waals surface area contributed by atoms with Crippen molar-refractivity contribution in [3.05, 3.63) is 150 Å². The third-order valence-electron chi connectivity index (χ3n) is 9.87. The van der Waals surface area contributed by atoms with Gasteiger partial charge in [-0.15, -0.1) is 59.7 Å². The van der Waals surface area contributed by atoms with Crippen molar-refractivity contribution in [3.63, 3.8) is 0 Å². The zero-order valence-electron chi connectivity index (χ0n) is 33.6. The van der Waals surface area contributed by atoms with E-state index in [9.17, 15) is 0 Å². The molecule has 0 unspecified atom stereocenters. The minimum Gasteiger partial charge on any atom is -0.500 e. The smallest absolute Gasteiger partial charge is 0.120 e.